The lowest BCUT2D eigenvalue weighted by atomic mass is 9.91. The molecule has 2 aliphatic rings. The summed E-state index contributed by atoms with van der Waals surface area (Å²) in [5.41, 5.74) is 5.90. The van der Waals surface area contributed by atoms with Gasteiger partial charge in [0.1, 0.15) is 0 Å². The predicted molar refractivity (Wildman–Crippen MR) is 51.2 cm³/mol. The summed E-state index contributed by atoms with van der Waals surface area (Å²) in [5.74, 6) is 0.346. The molecule has 2 atom stereocenters. The van der Waals surface area contributed by atoms with Crippen LogP contribution in [0.3, 0.4) is 0 Å². The van der Waals surface area contributed by atoms with Crippen LogP contribution in [-0.4, -0.2) is 29.4 Å². The van der Waals surface area contributed by atoms with Crippen LogP contribution in [0.25, 0.3) is 0 Å². The van der Waals surface area contributed by atoms with Gasteiger partial charge in [-0.25, -0.2) is 0 Å². The summed E-state index contributed by atoms with van der Waals surface area (Å²) in [7, 11) is 0. The Kier molecular flexibility index (Phi) is 2.54. The Labute approximate surface area is 79.3 Å². The smallest absolute Gasteiger partial charge is 0.222 e. The topological polar surface area (TPSA) is 46.3 Å². The van der Waals surface area contributed by atoms with Crippen LogP contribution >= 0.6 is 0 Å². The van der Waals surface area contributed by atoms with Crippen molar-refractivity contribution in [3.05, 3.63) is 0 Å². The van der Waals surface area contributed by atoms with Crippen LogP contribution in [0.4, 0.5) is 0 Å². The van der Waals surface area contributed by atoms with E-state index in [0.717, 1.165) is 32.2 Å². The van der Waals surface area contributed by atoms with Gasteiger partial charge < -0.3 is 10.6 Å². The van der Waals surface area contributed by atoms with E-state index in [2.05, 4.69) is 4.90 Å². The number of hydrogen-bond donors (Lipinski definition) is 1. The van der Waals surface area contributed by atoms with Crippen molar-refractivity contribution in [3.63, 3.8) is 0 Å². The standard InChI is InChI=1S/C10H18N2O/c11-8-3-1-4-9(7-8)12-6-2-5-10(12)13/h8-9H,1-7,11H2/t8-,9-/m1/s1. The van der Waals surface area contributed by atoms with Crippen LogP contribution in [0.1, 0.15) is 38.5 Å². The highest BCUT2D eigenvalue weighted by Crippen LogP contribution is 2.25. The van der Waals surface area contributed by atoms with Crippen LogP contribution in [-0.2, 0) is 4.79 Å². The van der Waals surface area contributed by atoms with Crippen molar-refractivity contribution in [2.45, 2.75) is 50.6 Å². The Morgan fingerprint density at radius 2 is 2.15 bits per heavy atom. The minimum Gasteiger partial charge on any atom is -0.340 e. The van der Waals surface area contributed by atoms with Crippen LogP contribution in [0, 0.1) is 0 Å². The quantitative estimate of drug-likeness (QED) is 0.654. The molecule has 0 aromatic heterocycles. The zero-order chi connectivity index (χ0) is 9.26. The number of likely N-dealkylation sites (tertiary alicyclic amines) is 1. The zero-order valence-electron chi connectivity index (χ0n) is 8.04. The maximum absolute atomic E-state index is 11.5. The van der Waals surface area contributed by atoms with Gasteiger partial charge in [0.2, 0.25) is 5.91 Å². The number of carbonyl (C=O) groups excluding carboxylic acids is 1. The maximum Gasteiger partial charge on any atom is 0.222 e. The van der Waals surface area contributed by atoms with Gasteiger partial charge in [0.15, 0.2) is 0 Å². The number of rotatable bonds is 1. The fourth-order valence-electron chi connectivity index (χ4n) is 2.54. The van der Waals surface area contributed by atoms with Crippen molar-refractivity contribution < 1.29 is 4.79 Å². The maximum atomic E-state index is 11.5. The molecule has 1 aliphatic carbocycles. The molecule has 13 heavy (non-hydrogen) atoms. The monoisotopic (exact) mass is 182 g/mol. The molecule has 0 radical (unpaired) electrons. The Hall–Kier alpha value is -0.570. The Morgan fingerprint density at radius 3 is 2.77 bits per heavy atom. The van der Waals surface area contributed by atoms with Gasteiger partial charge in [-0.15, -0.1) is 0 Å². The number of nitrogens with zero attached hydrogens (tertiary/aromatic N) is 1. The van der Waals surface area contributed by atoms with E-state index in [1.807, 2.05) is 0 Å². The first kappa shape index (κ1) is 9.00. The SMILES string of the molecule is N[C@@H]1CCC[C@@H](N2CCCC2=O)C1. The van der Waals surface area contributed by atoms with E-state index in [9.17, 15) is 4.79 Å². The first-order valence-corrected chi connectivity index (χ1v) is 5.32. The first-order valence-electron chi connectivity index (χ1n) is 5.32. The molecule has 0 spiro atoms. The molecule has 0 aromatic carbocycles. The van der Waals surface area contributed by atoms with Gasteiger partial charge in [-0.2, -0.15) is 0 Å². The zero-order valence-corrected chi connectivity index (χ0v) is 8.04. The summed E-state index contributed by atoms with van der Waals surface area (Å²) >= 11 is 0. The Bertz CT molecular complexity index is 205. The molecule has 2 N–H and O–H groups in total. The molecule has 0 unspecified atom stereocenters. The lowest BCUT2D eigenvalue weighted by Crippen LogP contribution is -2.43. The van der Waals surface area contributed by atoms with E-state index in [0.29, 0.717) is 18.0 Å². The van der Waals surface area contributed by atoms with Crippen LogP contribution in [0.2, 0.25) is 0 Å². The Morgan fingerprint density at radius 1 is 1.31 bits per heavy atom. The summed E-state index contributed by atoms with van der Waals surface area (Å²) in [6.45, 7) is 0.968. The van der Waals surface area contributed by atoms with Crippen molar-refractivity contribution in [3.8, 4) is 0 Å². The number of carbonyl (C=O) groups is 1. The second-order valence-electron chi connectivity index (χ2n) is 4.27. The van der Waals surface area contributed by atoms with E-state index in [4.69, 9.17) is 5.73 Å². The number of amides is 1. The average Bonchev–Trinajstić information content (AvgIpc) is 2.51. The predicted octanol–water partition coefficient (Wildman–Crippen LogP) is 0.879. The van der Waals surface area contributed by atoms with Gasteiger partial charge in [0, 0.05) is 25.0 Å². The molecule has 1 heterocycles. The summed E-state index contributed by atoms with van der Waals surface area (Å²) in [4.78, 5) is 13.5. The fraction of sp³-hybridized carbons (Fsp3) is 0.900. The fourth-order valence-corrected chi connectivity index (χ4v) is 2.54. The van der Waals surface area contributed by atoms with Crippen molar-refractivity contribution in [1.82, 2.24) is 4.90 Å². The largest absolute Gasteiger partial charge is 0.340 e. The van der Waals surface area contributed by atoms with Crippen LogP contribution in [0.15, 0.2) is 0 Å². The second kappa shape index (κ2) is 3.66. The summed E-state index contributed by atoms with van der Waals surface area (Å²) < 4.78 is 0. The molecule has 1 saturated carbocycles. The van der Waals surface area contributed by atoms with Crippen molar-refractivity contribution in [2.24, 2.45) is 5.73 Å². The van der Waals surface area contributed by atoms with Crippen LogP contribution < -0.4 is 5.73 Å². The van der Waals surface area contributed by atoms with Crippen LogP contribution in [0.5, 0.6) is 0 Å². The molecule has 3 heteroatoms. The molecule has 1 amide bonds. The molecule has 1 saturated heterocycles. The third-order valence-corrected chi connectivity index (χ3v) is 3.24. The summed E-state index contributed by atoms with van der Waals surface area (Å²) in [6.07, 6.45) is 6.32. The second-order valence-corrected chi connectivity index (χ2v) is 4.27. The van der Waals surface area contributed by atoms with E-state index < -0.39 is 0 Å². The molecular weight excluding hydrogens is 164 g/mol. The van der Waals surface area contributed by atoms with Gasteiger partial charge in [-0.3, -0.25) is 4.79 Å². The summed E-state index contributed by atoms with van der Waals surface area (Å²) in [6, 6.07) is 0.783. The lowest BCUT2D eigenvalue weighted by Gasteiger charge is -2.33. The van der Waals surface area contributed by atoms with E-state index in [1.54, 1.807) is 0 Å². The molecular formula is C10H18N2O. The number of hydrogen-bond acceptors (Lipinski definition) is 2. The highest BCUT2D eigenvalue weighted by molar-refractivity contribution is 5.78. The highest BCUT2D eigenvalue weighted by atomic mass is 16.2. The minimum absolute atomic E-state index is 0.326. The third kappa shape index (κ3) is 1.85. The summed E-state index contributed by atoms with van der Waals surface area (Å²) in [5, 5.41) is 0. The third-order valence-electron chi connectivity index (χ3n) is 3.24. The number of nitrogens with two attached hydrogens (primary N) is 1. The normalized spacial score (nSPS) is 35.5. The molecule has 1 aliphatic heterocycles. The van der Waals surface area contributed by atoms with E-state index in [1.165, 1.54) is 12.8 Å². The van der Waals surface area contributed by atoms with Gasteiger partial charge in [-0.05, 0) is 32.1 Å². The molecule has 0 aromatic rings. The molecule has 3 nitrogen and oxygen atoms in total. The van der Waals surface area contributed by atoms with Crippen molar-refractivity contribution >= 4 is 5.91 Å². The van der Waals surface area contributed by atoms with Gasteiger partial charge in [0.05, 0.1) is 0 Å². The molecule has 2 fully saturated rings. The Balaban J connectivity index is 1.95. The highest BCUT2D eigenvalue weighted by Gasteiger charge is 2.30. The molecule has 0 bridgehead atoms. The molecule has 74 valence electrons. The first-order chi connectivity index (χ1) is 6.27. The minimum atomic E-state index is 0.326. The average molecular weight is 182 g/mol. The van der Waals surface area contributed by atoms with Gasteiger partial charge in [-0.1, -0.05) is 0 Å². The van der Waals surface area contributed by atoms with E-state index in [-0.39, 0.29) is 0 Å². The van der Waals surface area contributed by atoms with Crippen molar-refractivity contribution in [1.29, 1.82) is 0 Å². The van der Waals surface area contributed by atoms with Gasteiger partial charge in [0.25, 0.3) is 0 Å². The van der Waals surface area contributed by atoms with Crippen molar-refractivity contribution in [2.75, 3.05) is 6.54 Å². The van der Waals surface area contributed by atoms with E-state index >= 15 is 0 Å². The lowest BCUT2D eigenvalue weighted by molar-refractivity contribution is -0.130. The van der Waals surface area contributed by atoms with Gasteiger partial charge >= 0.3 is 0 Å². The molecule has 2 rings (SSSR count).